The molecule has 0 spiro atoms. The van der Waals surface area contributed by atoms with Crippen molar-refractivity contribution in [3.63, 3.8) is 0 Å². The Bertz CT molecular complexity index is 260. The number of nitrogens with two attached hydrogens (primary N) is 1. The van der Waals surface area contributed by atoms with Gasteiger partial charge in [0.15, 0.2) is 0 Å². The lowest BCUT2D eigenvalue weighted by atomic mass is 10.3. The molecule has 0 unspecified atom stereocenters. The Hall–Kier alpha value is -2.62. The summed E-state index contributed by atoms with van der Waals surface area (Å²) in [6.07, 6.45) is 0.0648. The molecule has 0 rings (SSSR count). The van der Waals surface area contributed by atoms with Gasteiger partial charge in [-0.3, -0.25) is 19.2 Å². The van der Waals surface area contributed by atoms with Crippen molar-refractivity contribution in [1.29, 1.82) is 0 Å². The summed E-state index contributed by atoms with van der Waals surface area (Å²) in [5.41, 5.74) is 4.61. The highest BCUT2D eigenvalue weighted by molar-refractivity contribution is 5.75. The van der Waals surface area contributed by atoms with Gasteiger partial charge in [0.05, 0.1) is 25.7 Å². The van der Waals surface area contributed by atoms with E-state index in [0.29, 0.717) is 0 Å². The Morgan fingerprint density at radius 2 is 0.850 bits per heavy atom. The average Bonchev–Trinajstić information content (AvgIpc) is 2.25. The summed E-state index contributed by atoms with van der Waals surface area (Å²) in [7, 11) is 0. The number of carboxylic acids is 4. The molecular weight excluding hydrogens is 276 g/mol. The molecule has 0 saturated carbocycles. The third-order valence-corrected chi connectivity index (χ3v) is 1.11. The minimum atomic E-state index is -1.08. The van der Waals surface area contributed by atoms with Gasteiger partial charge in [-0.15, -0.1) is 0 Å². The number of carboxylic acid groups (broad SMARTS) is 4. The van der Waals surface area contributed by atoms with Crippen molar-refractivity contribution in [3.8, 4) is 0 Å². The highest BCUT2D eigenvalue weighted by Crippen LogP contribution is 1.86. The van der Waals surface area contributed by atoms with Crippen LogP contribution in [-0.2, 0) is 19.2 Å². The molecule has 0 fully saturated rings. The molecule has 0 amide bonds. The fraction of sp³-hybridized carbons (Fsp3) is 0.400. The lowest BCUT2D eigenvalue weighted by Crippen LogP contribution is -2.00. The second-order valence-electron chi connectivity index (χ2n) is 2.81. The molecule has 0 aromatic rings. The van der Waals surface area contributed by atoms with E-state index in [2.05, 4.69) is 12.3 Å². The summed E-state index contributed by atoms with van der Waals surface area (Å²) in [5.74, 6) is -4.31. The Morgan fingerprint density at radius 3 is 0.900 bits per heavy atom. The number of aliphatic carboxylic acids is 4. The van der Waals surface area contributed by atoms with Gasteiger partial charge in [-0.2, -0.15) is 0 Å². The molecule has 0 atom stereocenters. The van der Waals surface area contributed by atoms with Crippen LogP contribution < -0.4 is 11.9 Å². The highest BCUT2D eigenvalue weighted by Gasteiger charge is 2.00. The van der Waals surface area contributed by atoms with Crippen molar-refractivity contribution in [2.45, 2.75) is 25.7 Å². The molecule has 0 aliphatic heterocycles. The molecule has 9 N–H and O–H groups in total. The van der Waals surface area contributed by atoms with E-state index in [1.165, 1.54) is 6.20 Å². The van der Waals surface area contributed by atoms with E-state index >= 15 is 0 Å². The van der Waals surface area contributed by atoms with Crippen LogP contribution in [0.1, 0.15) is 25.7 Å². The van der Waals surface area contributed by atoms with Crippen LogP contribution in [0.5, 0.6) is 0 Å². The Labute approximate surface area is 115 Å². The first-order valence-electron chi connectivity index (χ1n) is 4.87. The van der Waals surface area contributed by atoms with Gasteiger partial charge in [0.2, 0.25) is 0 Å². The predicted molar refractivity (Wildman–Crippen MR) is 68.4 cm³/mol. The molecule has 0 aromatic heterocycles. The van der Waals surface area contributed by atoms with E-state index in [-0.39, 0.29) is 31.8 Å². The Balaban J connectivity index is -0.000000103. The van der Waals surface area contributed by atoms with Gasteiger partial charge in [-0.25, -0.2) is 0 Å². The maximum Gasteiger partial charge on any atom is 0.303 e. The smallest absolute Gasteiger partial charge is 0.303 e. The second kappa shape index (κ2) is 18.7. The molecule has 0 aromatic carbocycles. The second-order valence-corrected chi connectivity index (χ2v) is 2.81. The van der Waals surface area contributed by atoms with Crippen LogP contribution in [0.4, 0.5) is 0 Å². The van der Waals surface area contributed by atoms with Gasteiger partial charge < -0.3 is 32.3 Å². The first kappa shape index (κ1) is 26.0. The maximum absolute atomic E-state index is 9.64. The summed E-state index contributed by atoms with van der Waals surface area (Å²) in [5, 5.41) is 31.6. The number of hydrogen-bond acceptors (Lipinski definition) is 6. The topological polar surface area (TPSA) is 210 Å². The van der Waals surface area contributed by atoms with Gasteiger partial charge in [0, 0.05) is 0 Å². The molecule has 10 nitrogen and oxygen atoms in total. The van der Waals surface area contributed by atoms with Crippen molar-refractivity contribution in [3.05, 3.63) is 12.8 Å². The molecule has 0 aliphatic rings. The van der Waals surface area contributed by atoms with E-state index in [4.69, 9.17) is 20.4 Å². The first-order chi connectivity index (χ1) is 8.67. The highest BCUT2D eigenvalue weighted by atomic mass is 16.4. The number of hydrogen-bond donors (Lipinski definition) is 6. The van der Waals surface area contributed by atoms with Crippen LogP contribution in [0.25, 0.3) is 0 Å². The molecule has 0 aliphatic carbocycles. The van der Waals surface area contributed by atoms with Crippen molar-refractivity contribution < 1.29 is 39.6 Å². The van der Waals surface area contributed by atoms with E-state index in [1.54, 1.807) is 0 Å². The summed E-state index contributed by atoms with van der Waals surface area (Å²) in [6.45, 7) is 3.14. The van der Waals surface area contributed by atoms with Crippen LogP contribution in [0.15, 0.2) is 12.8 Å². The van der Waals surface area contributed by atoms with Gasteiger partial charge >= 0.3 is 23.9 Å². The van der Waals surface area contributed by atoms with Crippen molar-refractivity contribution >= 4 is 23.9 Å². The van der Waals surface area contributed by atoms with Gasteiger partial charge in [0.25, 0.3) is 0 Å². The molecule has 118 valence electrons. The van der Waals surface area contributed by atoms with E-state index in [0.717, 1.165) is 0 Å². The van der Waals surface area contributed by atoms with E-state index in [9.17, 15) is 19.2 Å². The first-order valence-corrected chi connectivity index (χ1v) is 4.87. The minimum Gasteiger partial charge on any atom is -0.481 e. The fourth-order valence-corrected chi connectivity index (χ4v) is 0.428. The van der Waals surface area contributed by atoms with E-state index < -0.39 is 23.9 Å². The summed E-state index contributed by atoms with van der Waals surface area (Å²) >= 11 is 0. The van der Waals surface area contributed by atoms with Crippen LogP contribution in [-0.4, -0.2) is 44.3 Å². The van der Waals surface area contributed by atoms with Gasteiger partial charge in [-0.1, -0.05) is 6.58 Å². The standard InChI is InChI=1S/2C4H6O4.C2H5N.H3N/c2*5-3(6)1-2-4(7)8;1-2-3;/h2*1-2H2,(H,5,6)(H,7,8);2H,1,3H2;1H3. The average molecular weight is 296 g/mol. The zero-order chi connectivity index (χ0) is 15.8. The van der Waals surface area contributed by atoms with Crippen molar-refractivity contribution in [2.75, 3.05) is 0 Å². The molecule has 0 radical (unpaired) electrons. The molecule has 0 saturated heterocycles. The normalized spacial score (nSPS) is 7.40. The van der Waals surface area contributed by atoms with Gasteiger partial charge in [-0.05, 0) is 6.20 Å². The zero-order valence-electron chi connectivity index (χ0n) is 10.8. The third kappa shape index (κ3) is 58.4. The van der Waals surface area contributed by atoms with E-state index in [1.807, 2.05) is 0 Å². The van der Waals surface area contributed by atoms with Crippen molar-refractivity contribution in [2.24, 2.45) is 5.73 Å². The molecule has 20 heavy (non-hydrogen) atoms. The Morgan fingerprint density at radius 1 is 0.750 bits per heavy atom. The number of rotatable bonds is 6. The zero-order valence-corrected chi connectivity index (χ0v) is 10.8. The summed E-state index contributed by atoms with van der Waals surface area (Å²) < 4.78 is 0. The lowest BCUT2D eigenvalue weighted by Gasteiger charge is -1.85. The number of carbonyl (C=O) groups is 4. The van der Waals surface area contributed by atoms with Crippen LogP contribution >= 0.6 is 0 Å². The third-order valence-electron chi connectivity index (χ3n) is 1.11. The predicted octanol–water partition coefficient (Wildman–Crippen LogP) is 0.122. The molecule has 0 bridgehead atoms. The SMILES string of the molecule is C=CN.N.O=C(O)CCC(=O)O.O=C(O)CCC(=O)O. The molecular formula is C10H20N2O8. The Kier molecular flexibility index (Phi) is 24.4. The summed E-state index contributed by atoms with van der Waals surface area (Å²) in [4.78, 5) is 38.6. The van der Waals surface area contributed by atoms with Crippen LogP contribution in [0, 0.1) is 0 Å². The van der Waals surface area contributed by atoms with Crippen LogP contribution in [0.2, 0.25) is 0 Å². The fourth-order valence-electron chi connectivity index (χ4n) is 0.428. The van der Waals surface area contributed by atoms with Crippen LogP contribution in [0.3, 0.4) is 0 Å². The summed E-state index contributed by atoms with van der Waals surface area (Å²) in [6, 6.07) is 0. The molecule has 10 heteroatoms. The quantitative estimate of drug-likeness (QED) is 0.389. The van der Waals surface area contributed by atoms with Crippen molar-refractivity contribution in [1.82, 2.24) is 6.15 Å². The van der Waals surface area contributed by atoms with Gasteiger partial charge in [0.1, 0.15) is 0 Å². The maximum atomic E-state index is 9.64. The lowest BCUT2D eigenvalue weighted by molar-refractivity contribution is -0.143. The monoisotopic (exact) mass is 296 g/mol. The largest absolute Gasteiger partial charge is 0.481 e. The molecule has 0 heterocycles. The minimum absolute atomic E-state index is 0.